The van der Waals surface area contributed by atoms with Crippen molar-refractivity contribution in [3.63, 3.8) is 0 Å². The third-order valence-corrected chi connectivity index (χ3v) is 3.24. The number of hydrogen-bond donors (Lipinski definition) is 3. The molecule has 1 atom stereocenters. The maximum Gasteiger partial charge on any atom is 0.253 e. The van der Waals surface area contributed by atoms with Crippen LogP contribution in [0.15, 0.2) is 24.3 Å². The summed E-state index contributed by atoms with van der Waals surface area (Å²) in [7, 11) is 1.72. The molecule has 0 radical (unpaired) electrons. The smallest absolute Gasteiger partial charge is 0.253 e. The average molecular weight is 291 g/mol. The van der Waals surface area contributed by atoms with Gasteiger partial charge in [0.15, 0.2) is 0 Å². The molecule has 1 saturated heterocycles. The quantitative estimate of drug-likeness (QED) is 0.718. The largest absolute Gasteiger partial charge is 0.368 e. The lowest BCUT2D eigenvalue weighted by atomic mass is 10.2. The molecule has 2 amide bonds. The summed E-state index contributed by atoms with van der Waals surface area (Å²) < 4.78 is 5.35. The van der Waals surface area contributed by atoms with Crippen LogP contribution in [-0.4, -0.2) is 38.1 Å². The molecule has 0 aromatic heterocycles. The van der Waals surface area contributed by atoms with Gasteiger partial charge in [-0.05, 0) is 37.6 Å². The van der Waals surface area contributed by atoms with Crippen molar-refractivity contribution in [2.75, 3.05) is 25.5 Å². The third-order valence-electron chi connectivity index (χ3n) is 3.24. The molecular formula is C15H21N3O3. The van der Waals surface area contributed by atoms with Gasteiger partial charge in [0, 0.05) is 18.8 Å². The van der Waals surface area contributed by atoms with Crippen LogP contribution in [0.5, 0.6) is 0 Å². The number of rotatable bonds is 6. The standard InChI is InChI=1S/C15H21N3O3/c1-16-10-14(19)17-9-11-4-2-5-12(8-11)18-15(20)13-6-3-7-21-13/h2,4-5,8,13,16H,3,6-7,9-10H2,1H3,(H,17,19)(H,18,20). The summed E-state index contributed by atoms with van der Waals surface area (Å²) in [6.07, 6.45) is 1.35. The number of benzene rings is 1. The topological polar surface area (TPSA) is 79.5 Å². The maximum absolute atomic E-state index is 12.0. The number of likely N-dealkylation sites (N-methyl/N-ethyl adjacent to an activating group) is 1. The van der Waals surface area contributed by atoms with Crippen LogP contribution in [0.1, 0.15) is 18.4 Å². The number of carbonyl (C=O) groups is 2. The number of ether oxygens (including phenoxy) is 1. The fourth-order valence-corrected chi connectivity index (χ4v) is 2.19. The number of amides is 2. The van der Waals surface area contributed by atoms with E-state index in [1.54, 1.807) is 7.05 Å². The van der Waals surface area contributed by atoms with Gasteiger partial charge in [0.1, 0.15) is 6.10 Å². The van der Waals surface area contributed by atoms with Crippen molar-refractivity contribution in [2.45, 2.75) is 25.5 Å². The van der Waals surface area contributed by atoms with Crippen LogP contribution >= 0.6 is 0 Å². The second-order valence-electron chi connectivity index (χ2n) is 5.00. The molecule has 0 bridgehead atoms. The Kier molecular flexibility index (Phi) is 5.71. The summed E-state index contributed by atoms with van der Waals surface area (Å²) >= 11 is 0. The molecule has 6 heteroatoms. The molecule has 114 valence electrons. The normalized spacial score (nSPS) is 17.5. The van der Waals surface area contributed by atoms with Crippen molar-refractivity contribution in [2.24, 2.45) is 0 Å². The van der Waals surface area contributed by atoms with E-state index in [9.17, 15) is 9.59 Å². The molecule has 0 aliphatic carbocycles. The number of nitrogens with one attached hydrogen (secondary N) is 3. The highest BCUT2D eigenvalue weighted by atomic mass is 16.5. The van der Waals surface area contributed by atoms with Crippen LogP contribution in [0.3, 0.4) is 0 Å². The van der Waals surface area contributed by atoms with Crippen molar-refractivity contribution >= 4 is 17.5 Å². The Morgan fingerprint density at radius 3 is 2.95 bits per heavy atom. The first kappa shape index (κ1) is 15.5. The highest BCUT2D eigenvalue weighted by molar-refractivity contribution is 5.94. The van der Waals surface area contributed by atoms with Gasteiger partial charge in [-0.25, -0.2) is 0 Å². The molecule has 1 aliphatic rings. The second kappa shape index (κ2) is 7.75. The van der Waals surface area contributed by atoms with Gasteiger partial charge in [0.25, 0.3) is 5.91 Å². The molecule has 1 aromatic rings. The molecule has 2 rings (SSSR count). The second-order valence-corrected chi connectivity index (χ2v) is 5.00. The molecule has 1 unspecified atom stereocenters. The summed E-state index contributed by atoms with van der Waals surface area (Å²) in [4.78, 5) is 23.4. The van der Waals surface area contributed by atoms with Crippen LogP contribution < -0.4 is 16.0 Å². The van der Waals surface area contributed by atoms with E-state index in [2.05, 4.69) is 16.0 Å². The lowest BCUT2D eigenvalue weighted by Gasteiger charge is -2.11. The molecule has 1 aliphatic heterocycles. The Labute approximate surface area is 124 Å². The van der Waals surface area contributed by atoms with E-state index < -0.39 is 0 Å². The van der Waals surface area contributed by atoms with Gasteiger partial charge in [-0.1, -0.05) is 12.1 Å². The number of carbonyl (C=O) groups excluding carboxylic acids is 2. The van der Waals surface area contributed by atoms with Crippen LogP contribution in [0, 0.1) is 0 Å². The Bertz CT molecular complexity index is 499. The average Bonchev–Trinajstić information content (AvgIpc) is 3.00. The lowest BCUT2D eigenvalue weighted by molar-refractivity contribution is -0.124. The van der Waals surface area contributed by atoms with E-state index in [1.165, 1.54) is 0 Å². The van der Waals surface area contributed by atoms with Crippen molar-refractivity contribution in [3.8, 4) is 0 Å². The highest BCUT2D eigenvalue weighted by Gasteiger charge is 2.23. The Balaban J connectivity index is 1.88. The number of anilines is 1. The van der Waals surface area contributed by atoms with Gasteiger partial charge >= 0.3 is 0 Å². The molecule has 1 aromatic carbocycles. The fourth-order valence-electron chi connectivity index (χ4n) is 2.19. The van der Waals surface area contributed by atoms with Gasteiger partial charge in [0.05, 0.1) is 6.54 Å². The van der Waals surface area contributed by atoms with E-state index in [1.807, 2.05) is 24.3 Å². The van der Waals surface area contributed by atoms with E-state index in [4.69, 9.17) is 4.74 Å². The van der Waals surface area contributed by atoms with Gasteiger partial charge < -0.3 is 20.7 Å². The highest BCUT2D eigenvalue weighted by Crippen LogP contribution is 2.16. The predicted molar refractivity (Wildman–Crippen MR) is 79.8 cm³/mol. The zero-order valence-electron chi connectivity index (χ0n) is 12.1. The van der Waals surface area contributed by atoms with Crippen molar-refractivity contribution < 1.29 is 14.3 Å². The third kappa shape index (κ3) is 4.84. The van der Waals surface area contributed by atoms with Crippen LogP contribution in [0.2, 0.25) is 0 Å². The lowest BCUT2D eigenvalue weighted by Crippen LogP contribution is -2.31. The Hall–Kier alpha value is -1.92. The molecule has 6 nitrogen and oxygen atoms in total. The van der Waals surface area contributed by atoms with E-state index >= 15 is 0 Å². The summed E-state index contributed by atoms with van der Waals surface area (Å²) in [6.45, 7) is 1.37. The minimum absolute atomic E-state index is 0.0636. The SMILES string of the molecule is CNCC(=O)NCc1cccc(NC(=O)C2CCCO2)c1. The van der Waals surface area contributed by atoms with Gasteiger partial charge in [-0.3, -0.25) is 9.59 Å². The van der Waals surface area contributed by atoms with E-state index in [-0.39, 0.29) is 24.5 Å². The molecular weight excluding hydrogens is 270 g/mol. The zero-order chi connectivity index (χ0) is 15.1. The molecule has 0 spiro atoms. The van der Waals surface area contributed by atoms with Crippen molar-refractivity contribution in [1.82, 2.24) is 10.6 Å². The van der Waals surface area contributed by atoms with E-state index in [0.717, 1.165) is 24.1 Å². The summed E-state index contributed by atoms with van der Waals surface area (Å²) in [6, 6.07) is 7.43. The minimum Gasteiger partial charge on any atom is -0.368 e. The van der Waals surface area contributed by atoms with Gasteiger partial charge in [-0.2, -0.15) is 0 Å². The molecule has 0 saturated carbocycles. The van der Waals surface area contributed by atoms with Gasteiger partial charge in [-0.15, -0.1) is 0 Å². The van der Waals surface area contributed by atoms with Crippen molar-refractivity contribution in [3.05, 3.63) is 29.8 Å². The summed E-state index contributed by atoms with van der Waals surface area (Å²) in [5.74, 6) is -0.171. The zero-order valence-corrected chi connectivity index (χ0v) is 12.1. The summed E-state index contributed by atoms with van der Waals surface area (Å²) in [5, 5.41) is 8.43. The molecule has 1 heterocycles. The van der Waals surface area contributed by atoms with Crippen LogP contribution in [0.25, 0.3) is 0 Å². The molecule has 3 N–H and O–H groups in total. The summed E-state index contributed by atoms with van der Waals surface area (Å²) in [5.41, 5.74) is 1.65. The molecule has 1 fully saturated rings. The minimum atomic E-state index is -0.344. The van der Waals surface area contributed by atoms with Crippen LogP contribution in [0.4, 0.5) is 5.69 Å². The van der Waals surface area contributed by atoms with Crippen LogP contribution in [-0.2, 0) is 20.9 Å². The van der Waals surface area contributed by atoms with Gasteiger partial charge in [0.2, 0.25) is 5.91 Å². The monoisotopic (exact) mass is 291 g/mol. The first-order valence-electron chi connectivity index (χ1n) is 7.12. The predicted octanol–water partition coefficient (Wildman–Crippen LogP) is 0.640. The maximum atomic E-state index is 12.0. The Morgan fingerprint density at radius 2 is 2.24 bits per heavy atom. The molecule has 21 heavy (non-hydrogen) atoms. The van der Waals surface area contributed by atoms with Crippen molar-refractivity contribution in [1.29, 1.82) is 0 Å². The Morgan fingerprint density at radius 1 is 1.38 bits per heavy atom. The first-order valence-corrected chi connectivity index (χ1v) is 7.12. The first-order chi connectivity index (χ1) is 10.2. The fraction of sp³-hybridized carbons (Fsp3) is 0.467. The van der Waals surface area contributed by atoms with E-state index in [0.29, 0.717) is 13.2 Å². The number of hydrogen-bond acceptors (Lipinski definition) is 4.